The van der Waals surface area contributed by atoms with Crippen LogP contribution in [0, 0.1) is 11.6 Å². The summed E-state index contributed by atoms with van der Waals surface area (Å²) in [7, 11) is 2.91. The van der Waals surface area contributed by atoms with Gasteiger partial charge < -0.3 is 19.5 Å². The maximum Gasteiger partial charge on any atom is 0.338 e. The molecule has 2 aromatic rings. The van der Waals surface area contributed by atoms with Gasteiger partial charge in [0.1, 0.15) is 0 Å². The third-order valence-corrected chi connectivity index (χ3v) is 3.69. The maximum atomic E-state index is 13.2. The molecule has 0 aliphatic rings. The third-order valence-electron chi connectivity index (χ3n) is 3.69. The lowest BCUT2D eigenvalue weighted by molar-refractivity contribution is -0.119. The van der Waals surface area contributed by atoms with E-state index in [2.05, 4.69) is 11.9 Å². The van der Waals surface area contributed by atoms with E-state index in [4.69, 9.17) is 14.2 Å². The van der Waals surface area contributed by atoms with Crippen LogP contribution in [0.25, 0.3) is 0 Å². The average Bonchev–Trinajstić information content (AvgIpc) is 2.68. The number of carbonyl (C=O) groups is 2. The second kappa shape index (κ2) is 9.50. The monoisotopic (exact) mass is 391 g/mol. The first-order valence-corrected chi connectivity index (χ1v) is 8.17. The van der Waals surface area contributed by atoms with Gasteiger partial charge in [0, 0.05) is 17.3 Å². The van der Waals surface area contributed by atoms with Gasteiger partial charge in [0.2, 0.25) is 0 Å². The van der Waals surface area contributed by atoms with Crippen LogP contribution in [0.5, 0.6) is 11.5 Å². The van der Waals surface area contributed by atoms with E-state index in [1.807, 2.05) is 0 Å². The minimum atomic E-state index is -1.10. The Bertz CT molecular complexity index is 898. The second-order valence-electron chi connectivity index (χ2n) is 5.62. The van der Waals surface area contributed by atoms with Crippen molar-refractivity contribution in [1.29, 1.82) is 0 Å². The molecule has 1 N–H and O–H groups in total. The highest BCUT2D eigenvalue weighted by atomic mass is 19.2. The van der Waals surface area contributed by atoms with E-state index in [0.717, 1.165) is 12.1 Å². The molecule has 0 saturated heterocycles. The Hall–Kier alpha value is -3.42. The van der Waals surface area contributed by atoms with E-state index in [0.29, 0.717) is 23.5 Å². The van der Waals surface area contributed by atoms with E-state index < -0.39 is 30.1 Å². The average molecular weight is 391 g/mol. The second-order valence-corrected chi connectivity index (χ2v) is 5.62. The number of esters is 1. The Morgan fingerprint density at radius 2 is 1.86 bits per heavy atom. The number of ether oxygens (including phenoxy) is 3. The van der Waals surface area contributed by atoms with Gasteiger partial charge in [-0.25, -0.2) is 13.6 Å². The Kier molecular flexibility index (Phi) is 7.08. The molecule has 8 heteroatoms. The van der Waals surface area contributed by atoms with Crippen molar-refractivity contribution in [2.75, 3.05) is 26.1 Å². The van der Waals surface area contributed by atoms with Crippen molar-refractivity contribution < 1.29 is 32.6 Å². The van der Waals surface area contributed by atoms with Crippen molar-refractivity contribution >= 4 is 17.6 Å². The lowest BCUT2D eigenvalue weighted by Gasteiger charge is -2.14. The zero-order valence-electron chi connectivity index (χ0n) is 15.4. The van der Waals surface area contributed by atoms with Gasteiger partial charge in [0.05, 0.1) is 19.8 Å². The number of allylic oxidation sites excluding steroid dienone is 1. The smallest absolute Gasteiger partial charge is 0.338 e. The number of anilines is 1. The fourth-order valence-corrected chi connectivity index (χ4v) is 2.45. The number of benzene rings is 2. The summed E-state index contributed by atoms with van der Waals surface area (Å²) < 4.78 is 41.6. The Labute approximate surface area is 160 Å². The van der Waals surface area contributed by atoms with E-state index in [1.54, 1.807) is 12.1 Å². The summed E-state index contributed by atoms with van der Waals surface area (Å²) in [5.41, 5.74) is 0.865. The van der Waals surface area contributed by atoms with E-state index >= 15 is 0 Å². The summed E-state index contributed by atoms with van der Waals surface area (Å²) in [6, 6.07) is 5.88. The van der Waals surface area contributed by atoms with Crippen LogP contribution in [-0.2, 0) is 16.0 Å². The Morgan fingerprint density at radius 3 is 2.46 bits per heavy atom. The number of methoxy groups -OCH3 is 2. The predicted molar refractivity (Wildman–Crippen MR) is 98.7 cm³/mol. The topological polar surface area (TPSA) is 73.9 Å². The summed E-state index contributed by atoms with van der Waals surface area (Å²) in [6.07, 6.45) is 2.07. The molecule has 28 heavy (non-hydrogen) atoms. The molecule has 0 spiro atoms. The Morgan fingerprint density at radius 1 is 1.11 bits per heavy atom. The van der Waals surface area contributed by atoms with Crippen molar-refractivity contribution in [2.45, 2.75) is 6.42 Å². The standard InChI is InChI=1S/C20H19F2NO5/c1-4-5-12-8-13(9-17(26-2)19(12)27-3)20(25)28-11-18(24)23-14-6-7-15(21)16(22)10-14/h4,6-10H,1,5,11H2,2-3H3,(H,23,24). The highest BCUT2D eigenvalue weighted by Crippen LogP contribution is 2.33. The molecular formula is C20H19F2NO5. The zero-order chi connectivity index (χ0) is 20.7. The van der Waals surface area contributed by atoms with E-state index in [1.165, 1.54) is 26.4 Å². The van der Waals surface area contributed by atoms with Crippen LogP contribution >= 0.6 is 0 Å². The molecule has 148 valence electrons. The Balaban J connectivity index is 2.07. The van der Waals surface area contributed by atoms with Gasteiger partial charge in [-0.05, 0) is 30.7 Å². The number of nitrogens with one attached hydrogen (secondary N) is 1. The first-order valence-electron chi connectivity index (χ1n) is 8.17. The molecule has 2 aromatic carbocycles. The molecule has 0 heterocycles. The minimum absolute atomic E-state index is 0.0411. The lowest BCUT2D eigenvalue weighted by atomic mass is 10.1. The van der Waals surface area contributed by atoms with Crippen LogP contribution in [0.1, 0.15) is 15.9 Å². The van der Waals surface area contributed by atoms with Crippen LogP contribution in [0.15, 0.2) is 43.0 Å². The molecule has 0 aliphatic heterocycles. The van der Waals surface area contributed by atoms with Gasteiger partial charge >= 0.3 is 5.97 Å². The molecule has 0 saturated carbocycles. The maximum absolute atomic E-state index is 13.2. The number of hydrogen-bond donors (Lipinski definition) is 1. The van der Waals surface area contributed by atoms with Crippen LogP contribution in [0.2, 0.25) is 0 Å². The summed E-state index contributed by atoms with van der Waals surface area (Å²) in [4.78, 5) is 24.2. The van der Waals surface area contributed by atoms with Crippen LogP contribution in [0.3, 0.4) is 0 Å². The molecule has 2 rings (SSSR count). The van der Waals surface area contributed by atoms with Crippen molar-refractivity contribution in [3.63, 3.8) is 0 Å². The van der Waals surface area contributed by atoms with Crippen LogP contribution in [0.4, 0.5) is 14.5 Å². The normalized spacial score (nSPS) is 10.1. The summed E-state index contributed by atoms with van der Waals surface area (Å²) >= 11 is 0. The van der Waals surface area contributed by atoms with Crippen LogP contribution < -0.4 is 14.8 Å². The predicted octanol–water partition coefficient (Wildman–Crippen LogP) is 3.51. The molecular weight excluding hydrogens is 372 g/mol. The molecule has 0 bridgehead atoms. The summed E-state index contributed by atoms with van der Waals surface area (Å²) in [5, 5.41) is 2.31. The van der Waals surface area contributed by atoms with Crippen molar-refractivity contribution in [3.8, 4) is 11.5 Å². The first-order chi connectivity index (χ1) is 13.4. The summed E-state index contributed by atoms with van der Waals surface area (Å²) in [5.74, 6) is -2.80. The van der Waals surface area contributed by atoms with Gasteiger partial charge in [0.15, 0.2) is 29.7 Å². The third kappa shape index (κ3) is 5.06. The number of carbonyl (C=O) groups excluding carboxylic acids is 2. The fourth-order valence-electron chi connectivity index (χ4n) is 2.45. The van der Waals surface area contributed by atoms with Gasteiger partial charge in [-0.1, -0.05) is 6.08 Å². The SMILES string of the molecule is C=CCc1cc(C(=O)OCC(=O)Nc2ccc(F)c(F)c2)cc(OC)c1OC. The number of halogens is 2. The molecule has 0 aliphatic carbocycles. The molecule has 6 nitrogen and oxygen atoms in total. The number of hydrogen-bond acceptors (Lipinski definition) is 5. The van der Waals surface area contributed by atoms with Gasteiger partial charge in [-0.3, -0.25) is 4.79 Å². The molecule has 0 atom stereocenters. The highest BCUT2D eigenvalue weighted by molar-refractivity contribution is 5.96. The minimum Gasteiger partial charge on any atom is -0.493 e. The van der Waals surface area contributed by atoms with Crippen molar-refractivity contribution in [3.05, 3.63) is 65.7 Å². The molecule has 1 amide bonds. The van der Waals surface area contributed by atoms with E-state index in [-0.39, 0.29) is 11.3 Å². The summed E-state index contributed by atoms with van der Waals surface area (Å²) in [6.45, 7) is 3.05. The lowest BCUT2D eigenvalue weighted by Crippen LogP contribution is -2.21. The number of rotatable bonds is 8. The van der Waals surface area contributed by atoms with Crippen LogP contribution in [-0.4, -0.2) is 32.7 Å². The molecule has 0 radical (unpaired) electrons. The molecule has 0 aromatic heterocycles. The van der Waals surface area contributed by atoms with Crippen molar-refractivity contribution in [2.24, 2.45) is 0 Å². The first kappa shape index (κ1) is 20.9. The fraction of sp³-hybridized carbons (Fsp3) is 0.200. The highest BCUT2D eigenvalue weighted by Gasteiger charge is 2.17. The largest absolute Gasteiger partial charge is 0.493 e. The van der Waals surface area contributed by atoms with Gasteiger partial charge in [-0.15, -0.1) is 6.58 Å². The quantitative estimate of drug-likeness (QED) is 0.551. The number of amides is 1. The van der Waals surface area contributed by atoms with Crippen molar-refractivity contribution in [1.82, 2.24) is 0 Å². The van der Waals surface area contributed by atoms with E-state index in [9.17, 15) is 18.4 Å². The van der Waals surface area contributed by atoms with Gasteiger partial charge in [-0.2, -0.15) is 0 Å². The zero-order valence-corrected chi connectivity index (χ0v) is 15.4. The molecule has 0 fully saturated rings. The van der Waals surface area contributed by atoms with Gasteiger partial charge in [0.25, 0.3) is 5.91 Å². The molecule has 0 unspecified atom stereocenters.